The van der Waals surface area contributed by atoms with E-state index in [2.05, 4.69) is 4.98 Å². The molecule has 0 spiro atoms. The van der Waals surface area contributed by atoms with Gasteiger partial charge in [0.15, 0.2) is 9.84 Å². The van der Waals surface area contributed by atoms with Gasteiger partial charge in [0.2, 0.25) is 0 Å². The van der Waals surface area contributed by atoms with Crippen molar-refractivity contribution in [1.29, 1.82) is 0 Å². The second-order valence-electron chi connectivity index (χ2n) is 4.99. The first kappa shape index (κ1) is 16.4. The first-order valence-corrected chi connectivity index (χ1v) is 9.49. The molecule has 1 heterocycles. The summed E-state index contributed by atoms with van der Waals surface area (Å²) in [5.41, 5.74) is 1.45. The van der Waals surface area contributed by atoms with Gasteiger partial charge in [0.1, 0.15) is 5.01 Å². The highest BCUT2D eigenvalue weighted by Crippen LogP contribution is 2.26. The quantitative estimate of drug-likeness (QED) is 0.873. The van der Waals surface area contributed by atoms with Crippen molar-refractivity contribution in [2.75, 3.05) is 12.4 Å². The second kappa shape index (κ2) is 6.87. The lowest BCUT2D eigenvalue weighted by Crippen LogP contribution is -2.18. The van der Waals surface area contributed by atoms with E-state index in [9.17, 15) is 8.42 Å². The van der Waals surface area contributed by atoms with E-state index in [1.807, 2.05) is 12.1 Å². The van der Waals surface area contributed by atoms with E-state index in [1.54, 1.807) is 24.4 Å². The van der Waals surface area contributed by atoms with Crippen LogP contribution in [0.25, 0.3) is 10.6 Å². The fourth-order valence-electron chi connectivity index (χ4n) is 1.87. The minimum absolute atomic E-state index is 0.0305. The van der Waals surface area contributed by atoms with Crippen molar-refractivity contribution in [1.82, 2.24) is 4.98 Å². The summed E-state index contributed by atoms with van der Waals surface area (Å²) in [5, 5.41) is 12.1. The molecule has 114 valence electrons. The van der Waals surface area contributed by atoms with E-state index in [-0.39, 0.29) is 24.0 Å². The van der Waals surface area contributed by atoms with Gasteiger partial charge < -0.3 is 5.11 Å². The molecule has 0 radical (unpaired) electrons. The highest BCUT2D eigenvalue weighted by Gasteiger charge is 2.18. The van der Waals surface area contributed by atoms with Crippen molar-refractivity contribution in [3.8, 4) is 10.6 Å². The molecule has 0 fully saturated rings. The third kappa shape index (κ3) is 4.78. The zero-order valence-electron chi connectivity index (χ0n) is 11.5. The Morgan fingerprint density at radius 1 is 1.33 bits per heavy atom. The predicted octanol–water partition coefficient (Wildman–Crippen LogP) is 3.01. The predicted molar refractivity (Wildman–Crippen MR) is 86.3 cm³/mol. The number of aliphatic hydroxyl groups is 1. The fourth-order valence-corrected chi connectivity index (χ4v) is 4.61. The molecule has 2 rings (SSSR count). The first-order valence-electron chi connectivity index (χ1n) is 6.41. The van der Waals surface area contributed by atoms with Gasteiger partial charge in [-0.3, -0.25) is 0 Å². The van der Waals surface area contributed by atoms with Crippen molar-refractivity contribution in [3.63, 3.8) is 0 Å². The summed E-state index contributed by atoms with van der Waals surface area (Å²) in [6.45, 7) is 1.57. The Labute approximate surface area is 133 Å². The average Bonchev–Trinajstić information content (AvgIpc) is 2.86. The molecule has 1 aromatic carbocycles. The number of thiazole rings is 1. The number of halogens is 1. The van der Waals surface area contributed by atoms with Gasteiger partial charge in [-0.05, 0) is 18.1 Å². The minimum atomic E-state index is -3.26. The van der Waals surface area contributed by atoms with Crippen LogP contribution in [-0.4, -0.2) is 30.9 Å². The number of aromatic nitrogens is 1. The minimum Gasteiger partial charge on any atom is -0.396 e. The maximum absolute atomic E-state index is 12.0. The van der Waals surface area contributed by atoms with Crippen LogP contribution in [0.15, 0.2) is 29.6 Å². The summed E-state index contributed by atoms with van der Waals surface area (Å²) >= 11 is 7.24. The number of benzene rings is 1. The molecular formula is C14H16ClNO3S2. The molecule has 21 heavy (non-hydrogen) atoms. The number of hydrogen-bond acceptors (Lipinski definition) is 5. The average molecular weight is 346 g/mol. The van der Waals surface area contributed by atoms with Crippen LogP contribution in [0, 0.1) is 5.92 Å². The van der Waals surface area contributed by atoms with Gasteiger partial charge in [0, 0.05) is 22.6 Å². The Bertz CT molecular complexity index is 695. The molecule has 0 bridgehead atoms. The Balaban J connectivity index is 2.11. The van der Waals surface area contributed by atoms with E-state index in [0.29, 0.717) is 10.7 Å². The summed E-state index contributed by atoms with van der Waals surface area (Å²) < 4.78 is 24.0. The van der Waals surface area contributed by atoms with E-state index < -0.39 is 9.84 Å². The van der Waals surface area contributed by atoms with Crippen LogP contribution in [0.1, 0.15) is 12.6 Å². The van der Waals surface area contributed by atoms with E-state index in [4.69, 9.17) is 16.7 Å². The summed E-state index contributed by atoms with van der Waals surface area (Å²) in [5.74, 6) is -0.386. The van der Waals surface area contributed by atoms with Crippen molar-refractivity contribution >= 4 is 32.8 Å². The molecule has 0 aliphatic rings. The monoisotopic (exact) mass is 345 g/mol. The molecule has 0 saturated carbocycles. The lowest BCUT2D eigenvalue weighted by Gasteiger charge is -2.07. The number of rotatable bonds is 6. The Kier molecular flexibility index (Phi) is 5.37. The van der Waals surface area contributed by atoms with Gasteiger partial charge in [0.05, 0.1) is 17.2 Å². The van der Waals surface area contributed by atoms with Gasteiger partial charge in [-0.2, -0.15) is 0 Å². The molecule has 0 aliphatic heterocycles. The topological polar surface area (TPSA) is 67.3 Å². The SMILES string of the molecule is CC(CO)CS(=O)(=O)Cc1csc(-c2ccc(Cl)cc2)n1. The maximum atomic E-state index is 12.0. The molecule has 0 amide bonds. The smallest absolute Gasteiger partial charge is 0.156 e. The van der Waals surface area contributed by atoms with Crippen LogP contribution in [0.4, 0.5) is 0 Å². The van der Waals surface area contributed by atoms with Crippen molar-refractivity contribution in [3.05, 3.63) is 40.4 Å². The Morgan fingerprint density at radius 2 is 2.00 bits per heavy atom. The molecule has 2 aromatic rings. The van der Waals surface area contributed by atoms with Crippen LogP contribution in [-0.2, 0) is 15.6 Å². The van der Waals surface area contributed by atoms with E-state index in [0.717, 1.165) is 10.6 Å². The number of aliphatic hydroxyl groups excluding tert-OH is 1. The Morgan fingerprint density at radius 3 is 2.62 bits per heavy atom. The third-order valence-corrected chi connectivity index (χ3v) is 5.87. The van der Waals surface area contributed by atoms with Gasteiger partial charge in [0.25, 0.3) is 0 Å². The highest BCUT2D eigenvalue weighted by molar-refractivity contribution is 7.90. The molecule has 1 unspecified atom stereocenters. The zero-order chi connectivity index (χ0) is 15.5. The van der Waals surface area contributed by atoms with Gasteiger partial charge in [-0.15, -0.1) is 11.3 Å². The van der Waals surface area contributed by atoms with Gasteiger partial charge >= 0.3 is 0 Å². The Hall–Kier alpha value is -0.950. The molecule has 4 nitrogen and oxygen atoms in total. The van der Waals surface area contributed by atoms with Crippen molar-refractivity contribution in [2.24, 2.45) is 5.92 Å². The lowest BCUT2D eigenvalue weighted by atomic mass is 10.2. The van der Waals surface area contributed by atoms with Crippen LogP contribution in [0.5, 0.6) is 0 Å². The van der Waals surface area contributed by atoms with Crippen LogP contribution in [0.3, 0.4) is 0 Å². The highest BCUT2D eigenvalue weighted by atomic mass is 35.5. The molecule has 7 heteroatoms. The molecule has 0 saturated heterocycles. The fraction of sp³-hybridized carbons (Fsp3) is 0.357. The van der Waals surface area contributed by atoms with Crippen LogP contribution < -0.4 is 0 Å². The van der Waals surface area contributed by atoms with E-state index in [1.165, 1.54) is 11.3 Å². The normalized spacial score (nSPS) is 13.3. The summed E-state index contributed by atoms with van der Waals surface area (Å²) in [4.78, 5) is 4.36. The molecular weight excluding hydrogens is 330 g/mol. The largest absolute Gasteiger partial charge is 0.396 e. The molecule has 0 aliphatic carbocycles. The molecule has 1 atom stereocenters. The second-order valence-corrected chi connectivity index (χ2v) is 8.40. The number of sulfone groups is 1. The van der Waals surface area contributed by atoms with Crippen LogP contribution in [0.2, 0.25) is 5.02 Å². The van der Waals surface area contributed by atoms with Crippen molar-refractivity contribution in [2.45, 2.75) is 12.7 Å². The third-order valence-electron chi connectivity index (χ3n) is 2.86. The molecule has 1 aromatic heterocycles. The summed E-state index contributed by atoms with van der Waals surface area (Å²) in [6, 6.07) is 7.26. The number of nitrogens with zero attached hydrogens (tertiary/aromatic N) is 1. The van der Waals surface area contributed by atoms with Crippen molar-refractivity contribution < 1.29 is 13.5 Å². The summed E-state index contributed by atoms with van der Waals surface area (Å²) in [7, 11) is -3.26. The van der Waals surface area contributed by atoms with Gasteiger partial charge in [-0.25, -0.2) is 13.4 Å². The first-order chi connectivity index (χ1) is 9.89. The number of hydrogen-bond donors (Lipinski definition) is 1. The standard InChI is InChI=1S/C14H16ClNO3S2/c1-10(6-17)8-21(18,19)9-13-7-20-14(16-13)11-2-4-12(15)5-3-11/h2-5,7,10,17H,6,8-9H2,1H3. The lowest BCUT2D eigenvalue weighted by molar-refractivity contribution is 0.249. The maximum Gasteiger partial charge on any atom is 0.156 e. The zero-order valence-corrected chi connectivity index (χ0v) is 13.9. The molecule has 1 N–H and O–H groups in total. The van der Waals surface area contributed by atoms with Crippen LogP contribution >= 0.6 is 22.9 Å². The van der Waals surface area contributed by atoms with E-state index >= 15 is 0 Å². The van der Waals surface area contributed by atoms with Gasteiger partial charge in [-0.1, -0.05) is 30.7 Å². The summed E-state index contributed by atoms with van der Waals surface area (Å²) in [6.07, 6.45) is 0.